The largest absolute Gasteiger partial charge is 0.491 e. The Kier molecular flexibility index (Phi) is 9.78. The van der Waals surface area contributed by atoms with Gasteiger partial charge in [0.25, 0.3) is 10.0 Å². The number of nitrogens with one attached hydrogen (secondary N) is 1. The number of ether oxygens (including phenoxy) is 1. The van der Waals surface area contributed by atoms with Gasteiger partial charge in [0.05, 0.1) is 16.7 Å². The fraction of sp³-hybridized carbons (Fsp3) is 0.296. The summed E-state index contributed by atoms with van der Waals surface area (Å²) in [5.41, 5.74) is 1.17. The first-order chi connectivity index (χ1) is 17.2. The lowest BCUT2D eigenvalue weighted by Gasteiger charge is -2.24. The van der Waals surface area contributed by atoms with Crippen molar-refractivity contribution in [2.45, 2.75) is 42.6 Å². The van der Waals surface area contributed by atoms with E-state index in [2.05, 4.69) is 5.32 Å². The van der Waals surface area contributed by atoms with E-state index in [1.807, 2.05) is 44.4 Å². The summed E-state index contributed by atoms with van der Waals surface area (Å²) in [7, 11) is -4.10. The van der Waals surface area contributed by atoms with Crippen LogP contribution in [-0.2, 0) is 21.2 Å². The van der Waals surface area contributed by atoms with Gasteiger partial charge in [-0.05, 0) is 93.1 Å². The summed E-state index contributed by atoms with van der Waals surface area (Å²) in [6.07, 6.45) is 3.37. The van der Waals surface area contributed by atoms with Gasteiger partial charge in [-0.15, -0.1) is 11.8 Å². The number of sulfonamides is 1. The number of carbonyl (C=O) groups is 1. The molecule has 0 aliphatic rings. The molecule has 36 heavy (non-hydrogen) atoms. The van der Waals surface area contributed by atoms with Gasteiger partial charge in [0.2, 0.25) is 5.91 Å². The Labute approximate surface area is 216 Å². The van der Waals surface area contributed by atoms with Gasteiger partial charge in [-0.1, -0.05) is 18.2 Å². The Hall–Kier alpha value is -3.04. The first-order valence-corrected chi connectivity index (χ1v) is 14.3. The zero-order valence-electron chi connectivity index (χ0n) is 20.6. The molecule has 3 aromatic carbocycles. The maximum atomic E-state index is 13.9. The highest BCUT2D eigenvalue weighted by Crippen LogP contribution is 2.26. The third-order valence-electron chi connectivity index (χ3n) is 5.27. The molecule has 9 heteroatoms. The number of benzene rings is 3. The van der Waals surface area contributed by atoms with Crippen molar-refractivity contribution >= 4 is 33.4 Å². The molecular weight excluding hydrogens is 499 g/mol. The molecule has 0 heterocycles. The first-order valence-electron chi connectivity index (χ1n) is 11.6. The highest BCUT2D eigenvalue weighted by Gasteiger charge is 2.27. The van der Waals surface area contributed by atoms with Crippen LogP contribution in [0.3, 0.4) is 0 Å². The van der Waals surface area contributed by atoms with E-state index in [9.17, 15) is 17.6 Å². The van der Waals surface area contributed by atoms with E-state index >= 15 is 0 Å². The minimum Gasteiger partial charge on any atom is -0.491 e. The number of hydrogen-bond donors (Lipinski definition) is 1. The molecule has 0 aliphatic heterocycles. The van der Waals surface area contributed by atoms with Gasteiger partial charge in [0.1, 0.15) is 18.1 Å². The Bertz CT molecular complexity index is 1260. The molecule has 3 rings (SSSR count). The van der Waals surface area contributed by atoms with Crippen LogP contribution in [0.4, 0.5) is 10.1 Å². The Balaban J connectivity index is 1.67. The van der Waals surface area contributed by atoms with Gasteiger partial charge in [-0.3, -0.25) is 9.10 Å². The molecule has 0 saturated carbocycles. The molecule has 6 nitrogen and oxygen atoms in total. The highest BCUT2D eigenvalue weighted by molar-refractivity contribution is 7.98. The second-order valence-electron chi connectivity index (χ2n) is 8.43. The zero-order valence-corrected chi connectivity index (χ0v) is 22.2. The van der Waals surface area contributed by atoms with E-state index in [4.69, 9.17) is 4.74 Å². The van der Waals surface area contributed by atoms with Crippen molar-refractivity contribution in [1.82, 2.24) is 5.32 Å². The molecule has 0 atom stereocenters. The van der Waals surface area contributed by atoms with Crippen molar-refractivity contribution in [2.24, 2.45) is 0 Å². The van der Waals surface area contributed by atoms with Crippen LogP contribution >= 0.6 is 11.8 Å². The lowest BCUT2D eigenvalue weighted by atomic mass is 10.1. The third kappa shape index (κ3) is 7.73. The van der Waals surface area contributed by atoms with E-state index in [0.29, 0.717) is 13.0 Å². The molecule has 192 valence electrons. The minimum atomic E-state index is -4.10. The van der Waals surface area contributed by atoms with E-state index < -0.39 is 28.3 Å². The average Bonchev–Trinajstić information content (AvgIpc) is 2.85. The molecule has 0 saturated heterocycles. The standard InChI is InChI=1S/C27H31FN2O4S2/c1-20(2)34-24-11-4-7-21(17-24)8-6-16-29-27(31)19-30(23-10-5-9-22(28)18-23)36(32,33)26-14-12-25(35-3)13-15-26/h4-5,7,9-15,17-18,20H,6,8,16,19H2,1-3H3,(H,29,31). The number of thioether (sulfide) groups is 1. The highest BCUT2D eigenvalue weighted by atomic mass is 32.2. The summed E-state index contributed by atoms with van der Waals surface area (Å²) < 4.78 is 47.4. The Morgan fingerprint density at radius 3 is 2.44 bits per heavy atom. The van der Waals surface area contributed by atoms with Crippen molar-refractivity contribution in [3.05, 3.63) is 84.2 Å². The number of amides is 1. The van der Waals surface area contributed by atoms with Crippen molar-refractivity contribution in [1.29, 1.82) is 0 Å². The van der Waals surface area contributed by atoms with Gasteiger partial charge in [-0.25, -0.2) is 12.8 Å². The SMILES string of the molecule is CSc1ccc(S(=O)(=O)N(CC(=O)NCCCc2cccc(OC(C)C)c2)c2cccc(F)c2)cc1. The van der Waals surface area contributed by atoms with Crippen LogP contribution in [0.5, 0.6) is 5.75 Å². The lowest BCUT2D eigenvalue weighted by molar-refractivity contribution is -0.119. The van der Waals surface area contributed by atoms with Crippen molar-refractivity contribution in [2.75, 3.05) is 23.7 Å². The number of nitrogens with zero attached hydrogens (tertiary/aromatic N) is 1. The summed E-state index contributed by atoms with van der Waals surface area (Å²) in [4.78, 5) is 13.7. The second-order valence-corrected chi connectivity index (χ2v) is 11.2. The van der Waals surface area contributed by atoms with Gasteiger partial charge in [0, 0.05) is 11.4 Å². The van der Waals surface area contributed by atoms with Gasteiger partial charge >= 0.3 is 0 Å². The van der Waals surface area contributed by atoms with Crippen LogP contribution in [0, 0.1) is 5.82 Å². The Morgan fingerprint density at radius 2 is 1.78 bits per heavy atom. The summed E-state index contributed by atoms with van der Waals surface area (Å²) in [6.45, 7) is 3.84. The summed E-state index contributed by atoms with van der Waals surface area (Å²) in [6, 6.07) is 19.4. The van der Waals surface area contributed by atoms with Crippen LogP contribution in [0.1, 0.15) is 25.8 Å². The van der Waals surface area contributed by atoms with Gasteiger partial charge in [-0.2, -0.15) is 0 Å². The molecule has 0 aromatic heterocycles. The molecular formula is C27H31FN2O4S2. The van der Waals surface area contributed by atoms with Gasteiger partial charge in [0.15, 0.2) is 0 Å². The second kappa shape index (κ2) is 12.8. The fourth-order valence-corrected chi connectivity index (χ4v) is 5.40. The van der Waals surface area contributed by atoms with Crippen molar-refractivity contribution in [3.63, 3.8) is 0 Å². The monoisotopic (exact) mass is 530 g/mol. The summed E-state index contributed by atoms with van der Waals surface area (Å²) in [5, 5.41) is 2.78. The van der Waals surface area contributed by atoms with Crippen LogP contribution in [0.15, 0.2) is 82.6 Å². The lowest BCUT2D eigenvalue weighted by Crippen LogP contribution is -2.41. The Morgan fingerprint density at radius 1 is 1.06 bits per heavy atom. The van der Waals surface area contributed by atoms with Crippen molar-refractivity contribution < 1.29 is 22.3 Å². The number of rotatable bonds is 12. The van der Waals surface area contributed by atoms with Crippen LogP contribution in [0.2, 0.25) is 0 Å². The molecule has 0 bridgehead atoms. The van der Waals surface area contributed by atoms with Crippen LogP contribution < -0.4 is 14.4 Å². The normalized spacial score (nSPS) is 11.4. The molecule has 3 aromatic rings. The number of halogens is 1. The van der Waals surface area contributed by atoms with Crippen LogP contribution in [0.25, 0.3) is 0 Å². The van der Waals surface area contributed by atoms with Crippen molar-refractivity contribution in [3.8, 4) is 5.75 Å². The fourth-order valence-electron chi connectivity index (χ4n) is 3.57. The van der Waals surface area contributed by atoms with E-state index in [1.54, 1.807) is 12.1 Å². The van der Waals surface area contributed by atoms with E-state index in [-0.39, 0.29) is 16.7 Å². The minimum absolute atomic E-state index is 0.0286. The summed E-state index contributed by atoms with van der Waals surface area (Å²) >= 11 is 1.49. The predicted octanol–water partition coefficient (Wildman–Crippen LogP) is 5.28. The number of aryl methyl sites for hydroxylation is 1. The molecule has 0 aliphatic carbocycles. The maximum Gasteiger partial charge on any atom is 0.264 e. The smallest absolute Gasteiger partial charge is 0.264 e. The predicted molar refractivity (Wildman–Crippen MR) is 143 cm³/mol. The number of anilines is 1. The average molecular weight is 531 g/mol. The van der Waals surface area contributed by atoms with E-state index in [0.717, 1.165) is 33.0 Å². The molecule has 1 N–H and O–H groups in total. The first kappa shape index (κ1) is 27.5. The molecule has 0 fully saturated rings. The third-order valence-corrected chi connectivity index (χ3v) is 7.80. The van der Waals surface area contributed by atoms with Crippen LogP contribution in [-0.4, -0.2) is 39.8 Å². The maximum absolute atomic E-state index is 13.9. The molecule has 1 amide bonds. The van der Waals surface area contributed by atoms with E-state index in [1.165, 1.54) is 42.1 Å². The number of hydrogen-bond acceptors (Lipinski definition) is 5. The molecule has 0 unspecified atom stereocenters. The number of carbonyl (C=O) groups excluding carboxylic acids is 1. The zero-order chi connectivity index (χ0) is 26.1. The topological polar surface area (TPSA) is 75.7 Å². The summed E-state index contributed by atoms with van der Waals surface area (Å²) in [5.74, 6) is -0.261. The quantitative estimate of drug-likeness (QED) is 0.255. The molecule has 0 spiro atoms. The molecule has 0 radical (unpaired) electrons. The van der Waals surface area contributed by atoms with Gasteiger partial charge < -0.3 is 10.1 Å².